The molecular formula is C15H22N2O4. The number of unbranched alkanes of at least 4 members (excludes halogenated alkanes) is 1. The second kappa shape index (κ2) is 9.10. The van der Waals surface area contributed by atoms with E-state index in [2.05, 4.69) is 5.32 Å². The van der Waals surface area contributed by atoms with E-state index >= 15 is 0 Å². The lowest BCUT2D eigenvalue weighted by Crippen LogP contribution is -2.36. The molecule has 6 nitrogen and oxygen atoms in total. The Morgan fingerprint density at radius 1 is 1.33 bits per heavy atom. The first-order chi connectivity index (χ1) is 10.0. The molecule has 0 heterocycles. The monoisotopic (exact) mass is 294 g/mol. The fourth-order valence-electron chi connectivity index (χ4n) is 1.94. The van der Waals surface area contributed by atoms with Crippen molar-refractivity contribution in [3.05, 3.63) is 29.8 Å². The number of carboxylic acids is 1. The summed E-state index contributed by atoms with van der Waals surface area (Å²) >= 11 is 0. The topological polar surface area (TPSA) is 102 Å². The number of rotatable bonds is 9. The van der Waals surface area contributed by atoms with Crippen molar-refractivity contribution in [2.45, 2.75) is 38.8 Å². The Morgan fingerprint density at radius 3 is 2.67 bits per heavy atom. The summed E-state index contributed by atoms with van der Waals surface area (Å²) in [6.07, 6.45) is 2.07. The van der Waals surface area contributed by atoms with E-state index in [1.54, 1.807) is 18.2 Å². The van der Waals surface area contributed by atoms with Gasteiger partial charge in [0.1, 0.15) is 11.8 Å². The van der Waals surface area contributed by atoms with Crippen molar-refractivity contribution in [3.63, 3.8) is 0 Å². The average Bonchev–Trinajstić information content (AvgIpc) is 2.43. The van der Waals surface area contributed by atoms with Crippen LogP contribution in [0.15, 0.2) is 24.3 Å². The van der Waals surface area contributed by atoms with Gasteiger partial charge in [0.05, 0.1) is 0 Å². The fraction of sp³-hybridized carbons (Fsp3) is 0.467. The maximum atomic E-state index is 11.2. The van der Waals surface area contributed by atoms with Crippen LogP contribution in [0.5, 0.6) is 5.75 Å². The number of hydrogen-bond donors (Lipinski definition) is 3. The van der Waals surface area contributed by atoms with Crippen LogP contribution >= 0.6 is 0 Å². The lowest BCUT2D eigenvalue weighted by atomic mass is 10.1. The van der Waals surface area contributed by atoms with E-state index in [9.17, 15) is 14.7 Å². The van der Waals surface area contributed by atoms with Gasteiger partial charge in [0.2, 0.25) is 0 Å². The molecule has 116 valence electrons. The first-order valence-electron chi connectivity index (χ1n) is 6.97. The summed E-state index contributed by atoms with van der Waals surface area (Å²) in [5.41, 5.74) is 6.15. The minimum absolute atomic E-state index is 0.322. The molecule has 1 aromatic carbocycles. The van der Waals surface area contributed by atoms with Gasteiger partial charge in [0, 0.05) is 19.0 Å². The quantitative estimate of drug-likeness (QED) is 0.360. The van der Waals surface area contributed by atoms with Crippen molar-refractivity contribution in [2.75, 3.05) is 6.54 Å². The van der Waals surface area contributed by atoms with Gasteiger partial charge in [-0.05, 0) is 25.5 Å². The molecule has 0 saturated carbocycles. The summed E-state index contributed by atoms with van der Waals surface area (Å²) in [6.45, 7) is 2.21. The Labute approximate surface area is 124 Å². The van der Waals surface area contributed by atoms with E-state index < -0.39 is 18.0 Å². The Kier molecular flexibility index (Phi) is 7.42. The minimum atomic E-state index is -0.892. The van der Waals surface area contributed by atoms with Crippen LogP contribution in [-0.2, 0) is 16.1 Å². The van der Waals surface area contributed by atoms with Crippen LogP contribution in [0.4, 0.5) is 0 Å². The van der Waals surface area contributed by atoms with E-state index in [1.807, 2.05) is 6.07 Å². The summed E-state index contributed by atoms with van der Waals surface area (Å²) in [7, 11) is 0. The van der Waals surface area contributed by atoms with Gasteiger partial charge in [0.25, 0.3) is 0 Å². The van der Waals surface area contributed by atoms with Crippen LogP contribution < -0.4 is 15.8 Å². The fourth-order valence-corrected chi connectivity index (χ4v) is 1.94. The van der Waals surface area contributed by atoms with E-state index in [4.69, 9.17) is 10.5 Å². The van der Waals surface area contributed by atoms with E-state index in [0.29, 0.717) is 25.3 Å². The lowest BCUT2D eigenvalue weighted by molar-refractivity contribution is -0.139. The number of para-hydroxylation sites is 1. The molecule has 1 rings (SSSR count). The molecule has 21 heavy (non-hydrogen) atoms. The van der Waals surface area contributed by atoms with Gasteiger partial charge in [-0.3, -0.25) is 9.59 Å². The largest absolute Gasteiger partial charge is 0.480 e. The summed E-state index contributed by atoms with van der Waals surface area (Å²) in [5, 5.41) is 12.2. The molecule has 1 unspecified atom stereocenters. The molecule has 0 aromatic heterocycles. The Hall–Kier alpha value is -1.92. The highest BCUT2D eigenvalue weighted by Gasteiger charge is 2.17. The molecule has 0 radical (unpaired) electrons. The molecule has 1 aromatic rings. The van der Waals surface area contributed by atoms with Gasteiger partial charge in [0.15, 0.2) is 0 Å². The highest BCUT2D eigenvalue weighted by molar-refractivity contribution is 5.73. The van der Waals surface area contributed by atoms with E-state index in [1.165, 1.54) is 6.92 Å². The maximum Gasteiger partial charge on any atom is 0.320 e. The van der Waals surface area contributed by atoms with Gasteiger partial charge in [-0.15, -0.1) is 0 Å². The molecule has 0 bridgehead atoms. The van der Waals surface area contributed by atoms with Crippen molar-refractivity contribution in [2.24, 2.45) is 5.73 Å². The van der Waals surface area contributed by atoms with Gasteiger partial charge in [-0.1, -0.05) is 24.6 Å². The molecule has 0 aliphatic heterocycles. The number of hydrogen-bond acceptors (Lipinski definition) is 5. The third kappa shape index (κ3) is 6.37. The molecule has 0 amide bonds. The minimum Gasteiger partial charge on any atom is -0.480 e. The third-order valence-corrected chi connectivity index (χ3v) is 3.01. The molecule has 0 spiro atoms. The normalized spacial score (nSPS) is 11.9. The zero-order valence-electron chi connectivity index (χ0n) is 12.2. The highest BCUT2D eigenvalue weighted by Crippen LogP contribution is 2.18. The number of carbonyl (C=O) groups excluding carboxylic acids is 1. The second-order valence-corrected chi connectivity index (χ2v) is 4.76. The van der Waals surface area contributed by atoms with Crippen LogP contribution in [0.2, 0.25) is 0 Å². The van der Waals surface area contributed by atoms with Crippen molar-refractivity contribution in [1.29, 1.82) is 0 Å². The number of aliphatic carboxylic acids is 1. The smallest absolute Gasteiger partial charge is 0.320 e. The standard InChI is InChI=1S/C15H22N2O4/c1-11(18)21-14-8-3-2-6-12(14)10-17-13(15(19)20)7-4-5-9-16/h2-3,6,8,13,17H,4-5,7,9-10,16H2,1H3,(H,19,20). The van der Waals surface area contributed by atoms with Crippen LogP contribution in [0.3, 0.4) is 0 Å². The molecule has 1 atom stereocenters. The van der Waals surface area contributed by atoms with Crippen LogP contribution in [0, 0.1) is 0 Å². The van der Waals surface area contributed by atoms with Crippen LogP contribution in [0.1, 0.15) is 31.7 Å². The number of benzene rings is 1. The number of nitrogens with two attached hydrogens (primary N) is 1. The van der Waals surface area contributed by atoms with Crippen LogP contribution in [0.25, 0.3) is 0 Å². The van der Waals surface area contributed by atoms with Crippen molar-refractivity contribution >= 4 is 11.9 Å². The summed E-state index contributed by atoms with van der Waals surface area (Å²) in [5.74, 6) is -0.847. The molecule has 0 fully saturated rings. The van der Waals surface area contributed by atoms with Crippen molar-refractivity contribution in [1.82, 2.24) is 5.32 Å². The molecule has 4 N–H and O–H groups in total. The molecule has 6 heteroatoms. The summed E-state index contributed by atoms with van der Waals surface area (Å²) in [6, 6.07) is 6.42. The predicted octanol–water partition coefficient (Wildman–Crippen LogP) is 1.28. The molecule has 0 saturated heterocycles. The second-order valence-electron chi connectivity index (χ2n) is 4.76. The Balaban J connectivity index is 2.62. The zero-order chi connectivity index (χ0) is 15.7. The molecular weight excluding hydrogens is 272 g/mol. The van der Waals surface area contributed by atoms with Crippen molar-refractivity contribution in [3.8, 4) is 5.75 Å². The van der Waals surface area contributed by atoms with Crippen LogP contribution in [-0.4, -0.2) is 29.6 Å². The van der Waals surface area contributed by atoms with Gasteiger partial charge in [-0.25, -0.2) is 0 Å². The summed E-state index contributed by atoms with van der Waals surface area (Å²) < 4.78 is 5.09. The number of ether oxygens (including phenoxy) is 1. The van der Waals surface area contributed by atoms with Gasteiger partial charge in [-0.2, -0.15) is 0 Å². The maximum absolute atomic E-state index is 11.2. The Bertz CT molecular complexity index is 476. The SMILES string of the molecule is CC(=O)Oc1ccccc1CNC(CCCCN)C(=O)O. The number of carboxylic acid groups (broad SMARTS) is 1. The number of nitrogens with one attached hydrogen (secondary N) is 1. The Morgan fingerprint density at radius 2 is 2.05 bits per heavy atom. The van der Waals surface area contributed by atoms with Crippen molar-refractivity contribution < 1.29 is 19.4 Å². The van der Waals surface area contributed by atoms with E-state index in [-0.39, 0.29) is 0 Å². The highest BCUT2D eigenvalue weighted by atomic mass is 16.5. The van der Waals surface area contributed by atoms with Gasteiger partial charge >= 0.3 is 11.9 Å². The first-order valence-corrected chi connectivity index (χ1v) is 6.97. The number of esters is 1. The van der Waals surface area contributed by atoms with E-state index in [0.717, 1.165) is 18.4 Å². The average molecular weight is 294 g/mol. The predicted molar refractivity (Wildman–Crippen MR) is 78.9 cm³/mol. The molecule has 0 aliphatic carbocycles. The lowest BCUT2D eigenvalue weighted by Gasteiger charge is -2.15. The molecule has 0 aliphatic rings. The van der Waals surface area contributed by atoms with Gasteiger partial charge < -0.3 is 20.9 Å². The summed E-state index contributed by atoms with van der Waals surface area (Å²) in [4.78, 5) is 22.2. The first kappa shape index (κ1) is 17.1. The number of carbonyl (C=O) groups is 2. The zero-order valence-corrected chi connectivity index (χ0v) is 12.2. The third-order valence-electron chi connectivity index (χ3n) is 3.01.